The van der Waals surface area contributed by atoms with Crippen molar-refractivity contribution in [1.82, 2.24) is 14.1 Å². The Morgan fingerprint density at radius 2 is 1.34 bits per heavy atom. The number of H-pyrrole nitrogens is 1. The summed E-state index contributed by atoms with van der Waals surface area (Å²) in [5.74, 6) is 0. The standard InChI is InChI=1S/C28H41N3O/c1-25(2,3)21-16-19-14-20(29-23(19)30(21)26(4,5)6)17-28(10,11)22-15-18-12-13-32-24(18)31(22)27(7,8)9/h12-16,29H,17H2,1-11H3. The predicted molar refractivity (Wildman–Crippen MR) is 136 cm³/mol. The second kappa shape index (κ2) is 6.82. The number of furan rings is 1. The van der Waals surface area contributed by atoms with Gasteiger partial charge in [0.15, 0.2) is 0 Å². The highest BCUT2D eigenvalue weighted by atomic mass is 16.3. The maximum Gasteiger partial charge on any atom is 0.207 e. The molecule has 4 aromatic rings. The molecule has 0 saturated carbocycles. The van der Waals surface area contributed by atoms with E-state index in [0.29, 0.717) is 0 Å². The van der Waals surface area contributed by atoms with Crippen molar-refractivity contribution in [2.24, 2.45) is 0 Å². The van der Waals surface area contributed by atoms with E-state index in [0.717, 1.165) is 12.1 Å². The zero-order valence-electron chi connectivity index (χ0n) is 21.9. The third-order valence-corrected chi connectivity index (χ3v) is 6.49. The Balaban J connectivity index is 1.80. The van der Waals surface area contributed by atoms with Crippen LogP contribution < -0.4 is 0 Å². The van der Waals surface area contributed by atoms with Crippen LogP contribution in [-0.2, 0) is 28.3 Å². The summed E-state index contributed by atoms with van der Waals surface area (Å²) in [4.78, 5) is 3.81. The van der Waals surface area contributed by atoms with Crippen LogP contribution in [0.5, 0.6) is 0 Å². The van der Waals surface area contributed by atoms with Gasteiger partial charge in [-0.15, -0.1) is 0 Å². The van der Waals surface area contributed by atoms with Crippen LogP contribution in [0.25, 0.3) is 22.1 Å². The van der Waals surface area contributed by atoms with Gasteiger partial charge in [0.2, 0.25) is 5.71 Å². The Morgan fingerprint density at radius 3 is 1.91 bits per heavy atom. The summed E-state index contributed by atoms with van der Waals surface area (Å²) in [5, 5.41) is 2.48. The van der Waals surface area contributed by atoms with Gasteiger partial charge in [0.25, 0.3) is 0 Å². The monoisotopic (exact) mass is 435 g/mol. The third-order valence-electron chi connectivity index (χ3n) is 6.49. The molecular formula is C28H41N3O. The summed E-state index contributed by atoms with van der Waals surface area (Å²) in [6, 6.07) is 9.10. The van der Waals surface area contributed by atoms with E-state index in [1.807, 2.05) is 0 Å². The molecule has 1 N–H and O–H groups in total. The van der Waals surface area contributed by atoms with Gasteiger partial charge in [0.05, 0.1) is 6.26 Å². The minimum absolute atomic E-state index is 0.00736. The number of hydrogen-bond acceptors (Lipinski definition) is 1. The van der Waals surface area contributed by atoms with Crippen LogP contribution in [0.3, 0.4) is 0 Å². The van der Waals surface area contributed by atoms with Crippen molar-refractivity contribution in [1.29, 1.82) is 0 Å². The van der Waals surface area contributed by atoms with Gasteiger partial charge in [0, 0.05) is 49.8 Å². The first-order valence-electron chi connectivity index (χ1n) is 11.8. The second-order valence-corrected chi connectivity index (χ2v) is 13.2. The summed E-state index contributed by atoms with van der Waals surface area (Å²) in [6.07, 6.45) is 2.72. The van der Waals surface area contributed by atoms with Crippen LogP contribution in [0.2, 0.25) is 0 Å². The molecule has 174 valence electrons. The molecule has 0 atom stereocenters. The summed E-state index contributed by atoms with van der Waals surface area (Å²) in [6.45, 7) is 25.2. The average molecular weight is 436 g/mol. The fraction of sp³-hybridized carbons (Fsp3) is 0.571. The van der Waals surface area contributed by atoms with E-state index in [9.17, 15) is 0 Å². The number of aromatic nitrogens is 3. The number of nitrogens with one attached hydrogen (secondary N) is 1. The van der Waals surface area contributed by atoms with Crippen LogP contribution in [0, 0.1) is 0 Å². The predicted octanol–water partition coefficient (Wildman–Crippen LogP) is 7.84. The Kier molecular flexibility index (Phi) is 4.86. The fourth-order valence-corrected chi connectivity index (χ4v) is 5.14. The lowest BCUT2D eigenvalue weighted by molar-refractivity contribution is 0.344. The van der Waals surface area contributed by atoms with Crippen molar-refractivity contribution >= 4 is 22.1 Å². The molecule has 0 spiro atoms. The molecule has 0 radical (unpaired) electrons. The average Bonchev–Trinajstić information content (AvgIpc) is 3.27. The van der Waals surface area contributed by atoms with Crippen LogP contribution in [-0.4, -0.2) is 14.1 Å². The summed E-state index contributed by atoms with van der Waals surface area (Å²) >= 11 is 0. The lowest BCUT2D eigenvalue weighted by Gasteiger charge is -2.32. The maximum atomic E-state index is 5.89. The van der Waals surface area contributed by atoms with E-state index in [4.69, 9.17) is 4.42 Å². The Morgan fingerprint density at radius 1 is 0.750 bits per heavy atom. The maximum absolute atomic E-state index is 5.89. The highest BCUT2D eigenvalue weighted by Gasteiger charge is 2.33. The van der Waals surface area contributed by atoms with Crippen molar-refractivity contribution in [3.63, 3.8) is 0 Å². The SMILES string of the molecule is CC(C)(C)c1cc2cc(CC(C)(C)c3cc4ccoc4n3C(C)(C)C)[nH]c2n1C(C)(C)C. The number of fused-ring (bicyclic) bond motifs is 2. The lowest BCUT2D eigenvalue weighted by Crippen LogP contribution is -2.32. The second-order valence-electron chi connectivity index (χ2n) is 13.2. The van der Waals surface area contributed by atoms with Gasteiger partial charge in [-0.2, -0.15) is 0 Å². The van der Waals surface area contributed by atoms with Gasteiger partial charge in [-0.3, -0.25) is 0 Å². The molecule has 4 aromatic heterocycles. The first kappa shape index (κ1) is 22.8. The third kappa shape index (κ3) is 3.72. The van der Waals surface area contributed by atoms with Gasteiger partial charge in [-0.25, -0.2) is 0 Å². The molecule has 0 aliphatic heterocycles. The van der Waals surface area contributed by atoms with Crippen molar-refractivity contribution in [2.75, 3.05) is 0 Å². The fourth-order valence-electron chi connectivity index (χ4n) is 5.14. The number of rotatable bonds is 3. The minimum atomic E-state index is -0.0590. The minimum Gasteiger partial charge on any atom is -0.448 e. The molecule has 32 heavy (non-hydrogen) atoms. The smallest absolute Gasteiger partial charge is 0.207 e. The molecular weight excluding hydrogens is 394 g/mol. The zero-order chi connectivity index (χ0) is 23.9. The summed E-state index contributed by atoms with van der Waals surface area (Å²) in [7, 11) is 0. The number of aromatic amines is 1. The van der Waals surface area contributed by atoms with Crippen molar-refractivity contribution in [3.05, 3.63) is 47.6 Å². The lowest BCUT2D eigenvalue weighted by atomic mass is 9.83. The van der Waals surface area contributed by atoms with Crippen molar-refractivity contribution in [2.45, 2.75) is 104 Å². The Labute approximate surface area is 193 Å². The Hall–Kier alpha value is -2.36. The molecule has 0 aliphatic carbocycles. The van der Waals surface area contributed by atoms with Gasteiger partial charge in [-0.1, -0.05) is 34.6 Å². The quantitative estimate of drug-likeness (QED) is 0.350. The molecule has 0 saturated heterocycles. The number of hydrogen-bond donors (Lipinski definition) is 1. The molecule has 0 aliphatic rings. The van der Waals surface area contributed by atoms with Gasteiger partial charge < -0.3 is 18.5 Å². The van der Waals surface area contributed by atoms with E-state index in [2.05, 4.69) is 115 Å². The molecule has 0 aromatic carbocycles. The molecule has 4 heteroatoms. The molecule has 4 heterocycles. The first-order valence-corrected chi connectivity index (χ1v) is 11.8. The molecule has 4 rings (SSSR count). The normalized spacial score (nSPS) is 14.2. The van der Waals surface area contributed by atoms with Crippen molar-refractivity contribution in [3.8, 4) is 0 Å². The number of nitrogens with zero attached hydrogens (tertiary/aromatic N) is 2. The van der Waals surface area contributed by atoms with Gasteiger partial charge in [0.1, 0.15) is 5.65 Å². The first-order chi connectivity index (χ1) is 14.5. The van der Waals surface area contributed by atoms with Crippen LogP contribution in [0.1, 0.15) is 93.2 Å². The molecule has 0 bridgehead atoms. The Bertz CT molecular complexity index is 1270. The molecule has 0 amide bonds. The van der Waals surface area contributed by atoms with Crippen molar-refractivity contribution < 1.29 is 4.42 Å². The highest BCUT2D eigenvalue weighted by molar-refractivity contribution is 5.81. The summed E-state index contributed by atoms with van der Waals surface area (Å²) in [5.41, 5.74) is 6.14. The van der Waals surface area contributed by atoms with Crippen LogP contribution in [0.4, 0.5) is 0 Å². The highest BCUT2D eigenvalue weighted by Crippen LogP contribution is 2.39. The molecule has 0 fully saturated rings. The zero-order valence-corrected chi connectivity index (χ0v) is 21.9. The van der Waals surface area contributed by atoms with E-state index < -0.39 is 0 Å². The van der Waals surface area contributed by atoms with Gasteiger partial charge in [-0.05, 0) is 72.2 Å². The topological polar surface area (TPSA) is 38.8 Å². The van der Waals surface area contributed by atoms with Crippen LogP contribution >= 0.6 is 0 Å². The van der Waals surface area contributed by atoms with E-state index >= 15 is 0 Å². The van der Waals surface area contributed by atoms with E-state index in [-0.39, 0.29) is 21.9 Å². The largest absolute Gasteiger partial charge is 0.448 e. The van der Waals surface area contributed by atoms with Crippen LogP contribution in [0.15, 0.2) is 34.9 Å². The van der Waals surface area contributed by atoms with E-state index in [1.54, 1.807) is 6.26 Å². The van der Waals surface area contributed by atoms with Gasteiger partial charge >= 0.3 is 0 Å². The summed E-state index contributed by atoms with van der Waals surface area (Å²) < 4.78 is 10.8. The van der Waals surface area contributed by atoms with E-state index in [1.165, 1.54) is 33.5 Å². The molecule has 0 unspecified atom stereocenters. The molecule has 4 nitrogen and oxygen atoms in total.